The van der Waals surface area contributed by atoms with E-state index < -0.39 is 5.67 Å². The van der Waals surface area contributed by atoms with Crippen molar-refractivity contribution in [1.82, 2.24) is 10.3 Å². The van der Waals surface area contributed by atoms with Crippen LogP contribution in [-0.2, 0) is 5.67 Å². The number of nitrogens with one attached hydrogen (secondary N) is 1. The lowest BCUT2D eigenvalue weighted by Gasteiger charge is -2.27. The SMILES string of the molecule is FC1(c2nccs2)CCNCC1. The Labute approximate surface area is 74.8 Å². The van der Waals surface area contributed by atoms with Gasteiger partial charge in [0.2, 0.25) is 0 Å². The summed E-state index contributed by atoms with van der Waals surface area (Å²) < 4.78 is 14.0. The van der Waals surface area contributed by atoms with E-state index in [4.69, 9.17) is 0 Å². The molecular formula is C8H11FN2S. The van der Waals surface area contributed by atoms with Gasteiger partial charge in [-0.3, -0.25) is 0 Å². The highest BCUT2D eigenvalue weighted by Crippen LogP contribution is 2.35. The average molecular weight is 186 g/mol. The van der Waals surface area contributed by atoms with Crippen molar-refractivity contribution in [2.45, 2.75) is 18.5 Å². The second kappa shape index (κ2) is 3.11. The summed E-state index contributed by atoms with van der Waals surface area (Å²) in [5.74, 6) is 0. The fourth-order valence-electron chi connectivity index (χ4n) is 1.48. The maximum Gasteiger partial charge on any atom is 0.164 e. The van der Waals surface area contributed by atoms with Crippen molar-refractivity contribution in [3.8, 4) is 0 Å². The van der Waals surface area contributed by atoms with Crippen LogP contribution in [-0.4, -0.2) is 18.1 Å². The molecule has 12 heavy (non-hydrogen) atoms. The molecule has 0 aliphatic carbocycles. The molecule has 2 nitrogen and oxygen atoms in total. The van der Waals surface area contributed by atoms with Gasteiger partial charge < -0.3 is 5.32 Å². The van der Waals surface area contributed by atoms with Gasteiger partial charge in [-0.2, -0.15) is 0 Å². The number of rotatable bonds is 1. The first-order chi connectivity index (χ1) is 5.81. The molecule has 0 saturated carbocycles. The first-order valence-corrected chi connectivity index (χ1v) is 4.99. The molecule has 0 amide bonds. The van der Waals surface area contributed by atoms with Crippen LogP contribution in [0.5, 0.6) is 0 Å². The lowest BCUT2D eigenvalue weighted by Crippen LogP contribution is -2.36. The highest BCUT2D eigenvalue weighted by molar-refractivity contribution is 7.09. The van der Waals surface area contributed by atoms with E-state index in [9.17, 15) is 4.39 Å². The van der Waals surface area contributed by atoms with E-state index in [2.05, 4.69) is 10.3 Å². The minimum Gasteiger partial charge on any atom is -0.316 e. The Morgan fingerprint density at radius 1 is 1.50 bits per heavy atom. The van der Waals surface area contributed by atoms with Crippen LogP contribution in [0.4, 0.5) is 4.39 Å². The number of piperidine rings is 1. The van der Waals surface area contributed by atoms with E-state index in [-0.39, 0.29) is 0 Å². The van der Waals surface area contributed by atoms with Crippen molar-refractivity contribution < 1.29 is 4.39 Å². The summed E-state index contributed by atoms with van der Waals surface area (Å²) >= 11 is 1.41. The minimum absolute atomic E-state index is 0.556. The molecule has 0 aromatic carbocycles. The van der Waals surface area contributed by atoms with Gasteiger partial charge in [-0.05, 0) is 13.1 Å². The number of nitrogens with zero attached hydrogens (tertiary/aromatic N) is 1. The second-order valence-electron chi connectivity index (χ2n) is 3.05. The highest BCUT2D eigenvalue weighted by atomic mass is 32.1. The zero-order valence-corrected chi connectivity index (χ0v) is 7.53. The molecule has 1 N–H and O–H groups in total. The topological polar surface area (TPSA) is 24.9 Å². The molecule has 1 aliphatic heterocycles. The van der Waals surface area contributed by atoms with Gasteiger partial charge in [-0.15, -0.1) is 11.3 Å². The van der Waals surface area contributed by atoms with Gasteiger partial charge in [0.1, 0.15) is 5.01 Å². The molecule has 2 heterocycles. The summed E-state index contributed by atoms with van der Waals surface area (Å²) in [7, 11) is 0. The Hall–Kier alpha value is -0.480. The van der Waals surface area contributed by atoms with Gasteiger partial charge >= 0.3 is 0 Å². The van der Waals surface area contributed by atoms with Crippen LogP contribution in [0.3, 0.4) is 0 Å². The van der Waals surface area contributed by atoms with Gasteiger partial charge in [0.25, 0.3) is 0 Å². The van der Waals surface area contributed by atoms with E-state index >= 15 is 0 Å². The van der Waals surface area contributed by atoms with Gasteiger partial charge in [0.15, 0.2) is 5.67 Å². The van der Waals surface area contributed by atoms with Crippen LogP contribution >= 0.6 is 11.3 Å². The summed E-state index contributed by atoms with van der Waals surface area (Å²) in [5, 5.41) is 5.61. The number of aromatic nitrogens is 1. The molecule has 1 aromatic heterocycles. The molecule has 0 bridgehead atoms. The Morgan fingerprint density at radius 2 is 2.25 bits per heavy atom. The molecule has 66 valence electrons. The van der Waals surface area contributed by atoms with Crippen LogP contribution in [0.1, 0.15) is 17.8 Å². The average Bonchev–Trinajstić information content (AvgIpc) is 2.58. The number of thiazole rings is 1. The molecule has 1 aromatic rings. The van der Waals surface area contributed by atoms with E-state index in [1.165, 1.54) is 11.3 Å². The Bertz CT molecular complexity index is 242. The van der Waals surface area contributed by atoms with Crippen molar-refractivity contribution in [1.29, 1.82) is 0 Å². The zero-order valence-electron chi connectivity index (χ0n) is 6.72. The first kappa shape index (κ1) is 8.13. The molecule has 0 unspecified atom stereocenters. The third-order valence-corrected chi connectivity index (χ3v) is 3.16. The maximum atomic E-state index is 14.0. The van der Waals surface area contributed by atoms with E-state index in [0.29, 0.717) is 17.8 Å². The Morgan fingerprint density at radius 3 is 2.83 bits per heavy atom. The fraction of sp³-hybridized carbons (Fsp3) is 0.625. The number of hydrogen-bond acceptors (Lipinski definition) is 3. The van der Waals surface area contributed by atoms with Gasteiger partial charge in [0.05, 0.1) is 0 Å². The number of alkyl halides is 1. The zero-order chi connectivity index (χ0) is 8.44. The Balaban J connectivity index is 2.19. The van der Waals surface area contributed by atoms with E-state index in [0.717, 1.165) is 13.1 Å². The standard InChI is InChI=1S/C8H11FN2S/c9-8(1-3-10-4-2-8)7-11-5-6-12-7/h5-6,10H,1-4H2. The molecule has 0 spiro atoms. The van der Waals surface area contributed by atoms with Crippen molar-refractivity contribution in [3.05, 3.63) is 16.6 Å². The van der Waals surface area contributed by atoms with Gasteiger partial charge in [-0.1, -0.05) is 0 Å². The molecule has 1 saturated heterocycles. The summed E-state index contributed by atoms with van der Waals surface area (Å²) in [6, 6.07) is 0. The predicted molar refractivity (Wildman–Crippen MR) is 47.0 cm³/mol. The van der Waals surface area contributed by atoms with E-state index in [1.807, 2.05) is 5.38 Å². The molecule has 1 aliphatic rings. The van der Waals surface area contributed by atoms with Gasteiger partial charge in [0, 0.05) is 24.4 Å². The van der Waals surface area contributed by atoms with Crippen LogP contribution < -0.4 is 5.32 Å². The maximum absolute atomic E-state index is 14.0. The summed E-state index contributed by atoms with van der Waals surface area (Å²) in [5.41, 5.74) is -1.15. The van der Waals surface area contributed by atoms with Crippen molar-refractivity contribution in [3.63, 3.8) is 0 Å². The molecule has 0 atom stereocenters. The molecule has 4 heteroatoms. The third-order valence-electron chi connectivity index (χ3n) is 2.21. The molecule has 0 radical (unpaired) electrons. The lowest BCUT2D eigenvalue weighted by atomic mass is 9.95. The number of hydrogen-bond donors (Lipinski definition) is 1. The quantitative estimate of drug-likeness (QED) is 0.722. The second-order valence-corrected chi connectivity index (χ2v) is 3.95. The van der Waals surface area contributed by atoms with Crippen LogP contribution in [0.15, 0.2) is 11.6 Å². The van der Waals surface area contributed by atoms with Crippen LogP contribution in [0.25, 0.3) is 0 Å². The molecular weight excluding hydrogens is 175 g/mol. The molecule has 1 fully saturated rings. The smallest absolute Gasteiger partial charge is 0.164 e. The van der Waals surface area contributed by atoms with Crippen molar-refractivity contribution >= 4 is 11.3 Å². The van der Waals surface area contributed by atoms with Crippen LogP contribution in [0, 0.1) is 0 Å². The highest BCUT2D eigenvalue weighted by Gasteiger charge is 2.35. The first-order valence-electron chi connectivity index (χ1n) is 4.11. The van der Waals surface area contributed by atoms with Crippen molar-refractivity contribution in [2.75, 3.05) is 13.1 Å². The third kappa shape index (κ3) is 1.36. The van der Waals surface area contributed by atoms with E-state index in [1.54, 1.807) is 6.20 Å². The summed E-state index contributed by atoms with van der Waals surface area (Å²) in [6.07, 6.45) is 2.78. The number of halogens is 1. The summed E-state index contributed by atoms with van der Waals surface area (Å²) in [4.78, 5) is 4.03. The normalized spacial score (nSPS) is 22.4. The lowest BCUT2D eigenvalue weighted by molar-refractivity contribution is 0.115. The minimum atomic E-state index is -1.15. The Kier molecular flexibility index (Phi) is 2.11. The fourth-order valence-corrected chi connectivity index (χ4v) is 2.27. The predicted octanol–water partition coefficient (Wildman–Crippen LogP) is 1.69. The van der Waals surface area contributed by atoms with Crippen molar-refractivity contribution in [2.24, 2.45) is 0 Å². The molecule has 2 rings (SSSR count). The van der Waals surface area contributed by atoms with Crippen LogP contribution in [0.2, 0.25) is 0 Å². The summed E-state index contributed by atoms with van der Waals surface area (Å²) in [6.45, 7) is 1.52. The monoisotopic (exact) mass is 186 g/mol. The largest absolute Gasteiger partial charge is 0.316 e. The van der Waals surface area contributed by atoms with Gasteiger partial charge in [-0.25, -0.2) is 9.37 Å².